The number of aryl methyl sites for hydroxylation is 1. The maximum Gasteiger partial charge on any atom is 0.264 e. The molecule has 0 fully saturated rings. The fourth-order valence-electron chi connectivity index (χ4n) is 5.47. The van der Waals surface area contributed by atoms with Crippen LogP contribution in [0.3, 0.4) is 0 Å². The van der Waals surface area contributed by atoms with E-state index in [1.807, 2.05) is 31.2 Å². The molecule has 4 aromatic rings. The van der Waals surface area contributed by atoms with Gasteiger partial charge in [0, 0.05) is 22.6 Å². The molecule has 42 heavy (non-hydrogen) atoms. The van der Waals surface area contributed by atoms with Gasteiger partial charge in [-0.05, 0) is 73.4 Å². The molecule has 1 N–H and O–H groups in total. The van der Waals surface area contributed by atoms with Gasteiger partial charge in [-0.25, -0.2) is 8.42 Å². The maximum atomic E-state index is 13.8. The summed E-state index contributed by atoms with van der Waals surface area (Å²) in [6.07, 6.45) is 2.37. The topological polar surface area (TPSA) is 75.7 Å². The Morgan fingerprint density at radius 1 is 0.952 bits per heavy atom. The van der Waals surface area contributed by atoms with Crippen LogP contribution in [0.5, 0.6) is 5.75 Å². The number of anilines is 1. The first-order valence-corrected chi connectivity index (χ1v) is 16.0. The third kappa shape index (κ3) is 6.03. The lowest BCUT2D eigenvalue weighted by atomic mass is 9.83. The molecule has 6 nitrogen and oxygen atoms in total. The number of halogens is 1. The highest BCUT2D eigenvalue weighted by molar-refractivity contribution is 7.92. The minimum Gasteiger partial charge on any atom is -0.487 e. The second-order valence-electron chi connectivity index (χ2n) is 10.7. The summed E-state index contributed by atoms with van der Waals surface area (Å²) in [6, 6.07) is 28.3. The predicted octanol–water partition coefficient (Wildman–Crippen LogP) is 7.86. The summed E-state index contributed by atoms with van der Waals surface area (Å²) in [7, 11) is -3.90. The van der Waals surface area contributed by atoms with Crippen LogP contribution in [-0.4, -0.2) is 19.9 Å². The van der Waals surface area contributed by atoms with Crippen LogP contribution in [0.1, 0.15) is 66.2 Å². The quantitative estimate of drug-likeness (QED) is 0.212. The lowest BCUT2D eigenvalue weighted by Crippen LogP contribution is -2.44. The lowest BCUT2D eigenvalue weighted by Gasteiger charge is -2.41. The first-order valence-electron chi connectivity index (χ1n) is 14.2. The maximum absolute atomic E-state index is 13.8. The number of nitrogens with zero attached hydrogens (tertiary/aromatic N) is 1. The number of nitrogens with one attached hydrogen (secondary N) is 1. The summed E-state index contributed by atoms with van der Waals surface area (Å²) in [6.45, 7) is 6.15. The molecule has 0 saturated heterocycles. The second kappa shape index (κ2) is 12.2. The van der Waals surface area contributed by atoms with Crippen molar-refractivity contribution in [2.24, 2.45) is 0 Å². The Hall–Kier alpha value is -3.81. The highest BCUT2D eigenvalue weighted by atomic mass is 35.5. The third-order valence-corrected chi connectivity index (χ3v) is 10.1. The van der Waals surface area contributed by atoms with Gasteiger partial charge in [0.2, 0.25) is 0 Å². The van der Waals surface area contributed by atoms with Gasteiger partial charge in [0.1, 0.15) is 11.4 Å². The van der Waals surface area contributed by atoms with Gasteiger partial charge >= 0.3 is 0 Å². The highest BCUT2D eigenvalue weighted by Crippen LogP contribution is 2.42. The summed E-state index contributed by atoms with van der Waals surface area (Å²) in [5.74, 6) is 0.618. The van der Waals surface area contributed by atoms with Gasteiger partial charge in [-0.2, -0.15) is 0 Å². The van der Waals surface area contributed by atoms with Crippen LogP contribution in [0.4, 0.5) is 5.69 Å². The molecule has 1 heterocycles. The van der Waals surface area contributed by atoms with Crippen LogP contribution in [0.25, 0.3) is 0 Å². The zero-order chi connectivity index (χ0) is 29.9. The third-order valence-electron chi connectivity index (χ3n) is 8.10. The Labute approximate surface area is 253 Å². The van der Waals surface area contributed by atoms with Gasteiger partial charge in [0.25, 0.3) is 15.9 Å². The number of sulfonamides is 1. The van der Waals surface area contributed by atoms with Crippen LogP contribution in [0.15, 0.2) is 102 Å². The second-order valence-corrected chi connectivity index (χ2v) is 13.0. The SMILES string of the molecule is CCC1(CC)C[C@@H](NC(=O)c2ccc(CN(c3cc(Cl)ccc3C)S(=O)(=O)c3ccccc3)cc2)c2ccccc2O1. The van der Waals surface area contributed by atoms with Crippen molar-refractivity contribution in [2.75, 3.05) is 4.31 Å². The van der Waals surface area contributed by atoms with Crippen LogP contribution in [-0.2, 0) is 16.6 Å². The Morgan fingerprint density at radius 3 is 2.31 bits per heavy atom. The predicted molar refractivity (Wildman–Crippen MR) is 168 cm³/mol. The van der Waals surface area contributed by atoms with Crippen LogP contribution < -0.4 is 14.4 Å². The average Bonchev–Trinajstić information content (AvgIpc) is 3.01. The fraction of sp³-hybridized carbons (Fsp3) is 0.265. The number of ether oxygens (including phenoxy) is 1. The van der Waals surface area contributed by atoms with Crippen molar-refractivity contribution < 1.29 is 17.9 Å². The highest BCUT2D eigenvalue weighted by Gasteiger charge is 2.39. The van der Waals surface area contributed by atoms with E-state index < -0.39 is 10.0 Å². The van der Waals surface area contributed by atoms with Crippen molar-refractivity contribution in [3.63, 3.8) is 0 Å². The summed E-state index contributed by atoms with van der Waals surface area (Å²) < 4.78 is 35.4. The fourth-order valence-corrected chi connectivity index (χ4v) is 7.17. The molecule has 0 unspecified atom stereocenters. The molecule has 5 rings (SSSR count). The minimum atomic E-state index is -3.90. The standard InChI is InChI=1S/C34H35ClN2O4S/c1-4-34(5-2)22-30(29-13-9-10-14-32(29)41-34)36-33(38)26-18-16-25(17-19-26)23-37(31-21-27(35)20-15-24(31)3)42(39,40)28-11-7-6-8-12-28/h6-21,30H,4-5,22-23H2,1-3H3,(H,36,38)/t30-/m1/s1. The number of benzene rings is 4. The largest absolute Gasteiger partial charge is 0.487 e. The summed E-state index contributed by atoms with van der Waals surface area (Å²) in [5, 5.41) is 3.67. The number of para-hydroxylation sites is 1. The number of carbonyl (C=O) groups is 1. The van der Waals surface area contributed by atoms with Gasteiger partial charge in [-0.1, -0.05) is 80.0 Å². The lowest BCUT2D eigenvalue weighted by molar-refractivity contribution is 0.0227. The number of fused-ring (bicyclic) bond motifs is 1. The van der Waals surface area contributed by atoms with E-state index >= 15 is 0 Å². The number of hydrogen-bond acceptors (Lipinski definition) is 4. The van der Waals surface area contributed by atoms with E-state index in [0.29, 0.717) is 22.7 Å². The Balaban J connectivity index is 1.40. The van der Waals surface area contributed by atoms with Gasteiger partial charge < -0.3 is 10.1 Å². The Morgan fingerprint density at radius 2 is 1.62 bits per heavy atom. The van der Waals surface area contributed by atoms with Crippen LogP contribution in [0.2, 0.25) is 5.02 Å². The molecule has 0 radical (unpaired) electrons. The minimum absolute atomic E-state index is 0.0726. The van der Waals surface area contributed by atoms with E-state index in [2.05, 4.69) is 19.2 Å². The Kier molecular flexibility index (Phi) is 8.62. The van der Waals surface area contributed by atoms with E-state index in [4.69, 9.17) is 16.3 Å². The molecular weight excluding hydrogens is 568 g/mol. The van der Waals surface area contributed by atoms with E-state index in [-0.39, 0.29) is 29.0 Å². The first-order chi connectivity index (χ1) is 20.2. The number of amides is 1. The summed E-state index contributed by atoms with van der Waals surface area (Å²) >= 11 is 6.29. The van der Waals surface area contributed by atoms with Crippen molar-refractivity contribution in [3.05, 3.63) is 124 Å². The molecule has 0 bridgehead atoms. The molecule has 1 aliphatic heterocycles. The number of hydrogen-bond donors (Lipinski definition) is 1. The molecule has 8 heteroatoms. The number of carbonyl (C=O) groups excluding carboxylic acids is 1. The molecule has 1 aliphatic rings. The number of rotatable bonds is 9. The average molecular weight is 603 g/mol. The van der Waals surface area contributed by atoms with Gasteiger partial charge in [-0.15, -0.1) is 0 Å². The molecule has 1 atom stereocenters. The zero-order valence-electron chi connectivity index (χ0n) is 24.0. The van der Waals surface area contributed by atoms with Gasteiger partial charge in [0.15, 0.2) is 0 Å². The normalized spacial score (nSPS) is 15.8. The summed E-state index contributed by atoms with van der Waals surface area (Å²) in [5.41, 5.74) is 3.15. The molecule has 0 saturated carbocycles. The molecule has 0 spiro atoms. The molecule has 0 aromatic heterocycles. The van der Waals surface area contributed by atoms with Gasteiger partial charge in [0.05, 0.1) is 23.2 Å². The molecule has 0 aliphatic carbocycles. The molecule has 1 amide bonds. The van der Waals surface area contributed by atoms with E-state index in [1.54, 1.807) is 72.8 Å². The van der Waals surface area contributed by atoms with Crippen molar-refractivity contribution in [1.29, 1.82) is 0 Å². The Bertz CT molecular complexity index is 1670. The van der Waals surface area contributed by atoms with Crippen LogP contribution in [0, 0.1) is 6.92 Å². The zero-order valence-corrected chi connectivity index (χ0v) is 25.6. The molecule has 4 aromatic carbocycles. The van der Waals surface area contributed by atoms with Crippen molar-refractivity contribution in [2.45, 2.75) is 63.1 Å². The van der Waals surface area contributed by atoms with E-state index in [0.717, 1.165) is 35.3 Å². The van der Waals surface area contributed by atoms with E-state index in [1.165, 1.54) is 4.31 Å². The van der Waals surface area contributed by atoms with Gasteiger partial charge in [-0.3, -0.25) is 9.10 Å². The first kappa shape index (κ1) is 29.7. The molecular formula is C34H35ClN2O4S. The smallest absolute Gasteiger partial charge is 0.264 e. The monoisotopic (exact) mass is 602 g/mol. The van der Waals surface area contributed by atoms with E-state index in [9.17, 15) is 13.2 Å². The van der Waals surface area contributed by atoms with Crippen molar-refractivity contribution >= 4 is 33.2 Å². The van der Waals surface area contributed by atoms with Crippen LogP contribution >= 0.6 is 11.6 Å². The van der Waals surface area contributed by atoms with Crippen molar-refractivity contribution in [1.82, 2.24) is 5.32 Å². The summed E-state index contributed by atoms with van der Waals surface area (Å²) in [4.78, 5) is 13.6. The molecule has 218 valence electrons. The van der Waals surface area contributed by atoms with Crippen molar-refractivity contribution in [3.8, 4) is 5.75 Å².